The molecule has 0 N–H and O–H groups in total. The molecule has 5 nitrogen and oxygen atoms in total. The summed E-state index contributed by atoms with van der Waals surface area (Å²) in [5.74, 6) is -0.00193. The average Bonchev–Trinajstić information content (AvgIpc) is 2.74. The summed E-state index contributed by atoms with van der Waals surface area (Å²) in [5.41, 5.74) is 0.953. The highest BCUT2D eigenvalue weighted by molar-refractivity contribution is 7.91. The van der Waals surface area contributed by atoms with E-state index in [1.807, 2.05) is 0 Å². The summed E-state index contributed by atoms with van der Waals surface area (Å²) in [6.07, 6.45) is 0. The summed E-state index contributed by atoms with van der Waals surface area (Å²) in [5, 5.41) is -0.789. The Labute approximate surface area is 164 Å². The van der Waals surface area contributed by atoms with E-state index in [1.165, 1.54) is 7.11 Å². The van der Waals surface area contributed by atoms with Crippen molar-refractivity contribution in [2.75, 3.05) is 7.11 Å². The van der Waals surface area contributed by atoms with E-state index in [0.29, 0.717) is 11.1 Å². The second-order valence-electron chi connectivity index (χ2n) is 6.17. The summed E-state index contributed by atoms with van der Waals surface area (Å²) in [6.45, 7) is 1.62. The van der Waals surface area contributed by atoms with Crippen molar-refractivity contribution in [3.8, 4) is 11.5 Å². The van der Waals surface area contributed by atoms with Crippen molar-refractivity contribution >= 4 is 15.8 Å². The Balaban J connectivity index is 1.88. The van der Waals surface area contributed by atoms with Gasteiger partial charge in [0.2, 0.25) is 0 Å². The Morgan fingerprint density at radius 3 is 2.07 bits per heavy atom. The van der Waals surface area contributed by atoms with E-state index >= 15 is 0 Å². The minimum Gasteiger partial charge on any atom is -0.493 e. The summed E-state index contributed by atoms with van der Waals surface area (Å²) in [4.78, 5) is 12.5. The van der Waals surface area contributed by atoms with E-state index in [-0.39, 0.29) is 16.4 Å². The van der Waals surface area contributed by atoms with Crippen LogP contribution in [0, 0.1) is 0 Å². The molecule has 0 amide bonds. The van der Waals surface area contributed by atoms with Crippen LogP contribution >= 0.6 is 0 Å². The van der Waals surface area contributed by atoms with Crippen LogP contribution in [0.5, 0.6) is 11.5 Å². The molecule has 0 aliphatic rings. The SMILES string of the molecule is COc1cc([C@@H](C)S(=O)(=O)c2ccccc2)ccc1OC(=O)c1ccccc1. The molecule has 3 rings (SSSR count). The van der Waals surface area contributed by atoms with Gasteiger partial charge < -0.3 is 9.47 Å². The fourth-order valence-electron chi connectivity index (χ4n) is 2.75. The third-order valence-electron chi connectivity index (χ3n) is 4.41. The van der Waals surface area contributed by atoms with Gasteiger partial charge in [0.05, 0.1) is 22.8 Å². The molecule has 0 aliphatic carbocycles. The summed E-state index contributed by atoms with van der Waals surface area (Å²) in [7, 11) is -2.12. The molecule has 3 aromatic rings. The molecular weight excluding hydrogens is 376 g/mol. The monoisotopic (exact) mass is 396 g/mol. The molecule has 144 valence electrons. The van der Waals surface area contributed by atoms with Gasteiger partial charge in [-0.1, -0.05) is 42.5 Å². The molecule has 0 unspecified atom stereocenters. The van der Waals surface area contributed by atoms with Crippen LogP contribution < -0.4 is 9.47 Å². The van der Waals surface area contributed by atoms with Crippen LogP contribution in [0.25, 0.3) is 0 Å². The largest absolute Gasteiger partial charge is 0.493 e. The predicted octanol–water partition coefficient (Wildman–Crippen LogP) is 4.45. The molecule has 6 heteroatoms. The van der Waals surface area contributed by atoms with Crippen molar-refractivity contribution in [3.63, 3.8) is 0 Å². The second-order valence-corrected chi connectivity index (χ2v) is 8.43. The van der Waals surface area contributed by atoms with Crippen LogP contribution in [-0.4, -0.2) is 21.5 Å². The standard InChI is InChI=1S/C22H20O5S/c1-16(28(24,25)19-11-7-4-8-12-19)18-13-14-20(21(15-18)26-2)27-22(23)17-9-5-3-6-10-17/h3-16H,1-2H3/t16-/m1/s1. The lowest BCUT2D eigenvalue weighted by Gasteiger charge is -2.16. The maximum absolute atomic E-state index is 12.9. The topological polar surface area (TPSA) is 69.7 Å². The number of carbonyl (C=O) groups excluding carboxylic acids is 1. The molecule has 0 aliphatic heterocycles. The molecule has 0 radical (unpaired) electrons. The zero-order valence-electron chi connectivity index (χ0n) is 15.5. The number of hydrogen-bond acceptors (Lipinski definition) is 5. The first-order chi connectivity index (χ1) is 13.4. The summed E-state index contributed by atoms with van der Waals surface area (Å²) in [6, 6.07) is 21.6. The van der Waals surface area contributed by atoms with Gasteiger partial charge in [-0.3, -0.25) is 0 Å². The fraction of sp³-hybridized carbons (Fsp3) is 0.136. The quantitative estimate of drug-likeness (QED) is 0.455. The maximum atomic E-state index is 12.9. The molecule has 1 atom stereocenters. The lowest BCUT2D eigenvalue weighted by atomic mass is 10.1. The van der Waals surface area contributed by atoms with Gasteiger partial charge in [0.25, 0.3) is 0 Å². The highest BCUT2D eigenvalue weighted by Crippen LogP contribution is 2.35. The second kappa shape index (κ2) is 8.27. The van der Waals surface area contributed by atoms with Crippen molar-refractivity contribution < 1.29 is 22.7 Å². The number of hydrogen-bond donors (Lipinski definition) is 0. The Morgan fingerprint density at radius 1 is 0.857 bits per heavy atom. The highest BCUT2D eigenvalue weighted by Gasteiger charge is 2.26. The van der Waals surface area contributed by atoms with E-state index in [0.717, 1.165) is 0 Å². The third kappa shape index (κ3) is 4.07. The zero-order valence-corrected chi connectivity index (χ0v) is 16.3. The first kappa shape index (κ1) is 19.6. The summed E-state index contributed by atoms with van der Waals surface area (Å²) >= 11 is 0. The molecule has 0 bridgehead atoms. The van der Waals surface area contributed by atoms with Crippen LogP contribution in [-0.2, 0) is 9.84 Å². The Hall–Kier alpha value is -3.12. The predicted molar refractivity (Wildman–Crippen MR) is 106 cm³/mol. The molecule has 0 saturated heterocycles. The van der Waals surface area contributed by atoms with Gasteiger partial charge >= 0.3 is 5.97 Å². The zero-order chi connectivity index (χ0) is 20.1. The molecule has 28 heavy (non-hydrogen) atoms. The van der Waals surface area contributed by atoms with Crippen molar-refractivity contribution in [3.05, 3.63) is 90.0 Å². The fourth-order valence-corrected chi connectivity index (χ4v) is 4.20. The van der Waals surface area contributed by atoms with Crippen molar-refractivity contribution in [2.24, 2.45) is 0 Å². The lowest BCUT2D eigenvalue weighted by molar-refractivity contribution is 0.0729. The molecule has 0 saturated carbocycles. The van der Waals surface area contributed by atoms with Gasteiger partial charge in [0, 0.05) is 0 Å². The summed E-state index contributed by atoms with van der Waals surface area (Å²) < 4.78 is 36.4. The van der Waals surface area contributed by atoms with Crippen LogP contribution in [0.1, 0.15) is 28.1 Å². The first-order valence-electron chi connectivity index (χ1n) is 8.67. The normalized spacial score (nSPS) is 12.2. The van der Waals surface area contributed by atoms with Gasteiger partial charge in [-0.2, -0.15) is 0 Å². The van der Waals surface area contributed by atoms with Crippen LogP contribution in [0.4, 0.5) is 0 Å². The number of ether oxygens (including phenoxy) is 2. The molecule has 0 fully saturated rings. The van der Waals surface area contributed by atoms with Gasteiger partial charge in [0.15, 0.2) is 21.3 Å². The maximum Gasteiger partial charge on any atom is 0.343 e. The minimum atomic E-state index is -3.56. The number of esters is 1. The number of carbonyl (C=O) groups is 1. The van der Waals surface area contributed by atoms with Crippen molar-refractivity contribution in [1.29, 1.82) is 0 Å². The average molecular weight is 396 g/mol. The van der Waals surface area contributed by atoms with Crippen molar-refractivity contribution in [1.82, 2.24) is 0 Å². The van der Waals surface area contributed by atoms with E-state index in [9.17, 15) is 13.2 Å². The highest BCUT2D eigenvalue weighted by atomic mass is 32.2. The number of benzene rings is 3. The van der Waals surface area contributed by atoms with E-state index in [1.54, 1.807) is 85.8 Å². The van der Waals surface area contributed by atoms with Gasteiger partial charge in [-0.25, -0.2) is 13.2 Å². The first-order valence-corrected chi connectivity index (χ1v) is 10.2. The molecule has 0 aromatic heterocycles. The van der Waals surface area contributed by atoms with Crippen LogP contribution in [0.2, 0.25) is 0 Å². The van der Waals surface area contributed by atoms with E-state index < -0.39 is 21.1 Å². The number of methoxy groups -OCH3 is 1. The lowest BCUT2D eigenvalue weighted by Crippen LogP contribution is -2.12. The third-order valence-corrected chi connectivity index (χ3v) is 6.54. The number of rotatable bonds is 6. The Kier molecular flexibility index (Phi) is 5.80. The molecule has 3 aromatic carbocycles. The molecule has 0 spiro atoms. The van der Waals surface area contributed by atoms with Crippen molar-refractivity contribution in [2.45, 2.75) is 17.1 Å². The van der Waals surface area contributed by atoms with Crippen LogP contribution in [0.3, 0.4) is 0 Å². The van der Waals surface area contributed by atoms with Crippen LogP contribution in [0.15, 0.2) is 83.8 Å². The number of sulfone groups is 1. The van der Waals surface area contributed by atoms with E-state index in [2.05, 4.69) is 0 Å². The van der Waals surface area contributed by atoms with E-state index in [4.69, 9.17) is 9.47 Å². The molecule has 0 heterocycles. The molecular formula is C22H20O5S. The smallest absolute Gasteiger partial charge is 0.343 e. The van der Waals surface area contributed by atoms with Gasteiger partial charge in [0.1, 0.15) is 0 Å². The Bertz CT molecular complexity index is 1060. The van der Waals surface area contributed by atoms with Gasteiger partial charge in [-0.05, 0) is 48.9 Å². The minimum absolute atomic E-state index is 0.226. The Morgan fingerprint density at radius 2 is 1.46 bits per heavy atom. The van der Waals surface area contributed by atoms with Gasteiger partial charge in [-0.15, -0.1) is 0 Å².